The van der Waals surface area contributed by atoms with Gasteiger partial charge in [-0.3, -0.25) is 9.52 Å². The molecule has 1 atom stereocenters. The van der Waals surface area contributed by atoms with E-state index in [2.05, 4.69) is 4.72 Å². The molecule has 1 unspecified atom stereocenters. The van der Waals surface area contributed by atoms with Crippen LogP contribution in [-0.2, 0) is 23.5 Å². The summed E-state index contributed by atoms with van der Waals surface area (Å²) in [5.74, 6) is -1.68. The minimum Gasteiger partial charge on any atom is -0.394 e. The van der Waals surface area contributed by atoms with E-state index in [1.165, 1.54) is 19.2 Å². The summed E-state index contributed by atoms with van der Waals surface area (Å²) in [6.07, 6.45) is -0.974. The Morgan fingerprint density at radius 2 is 1.93 bits per heavy atom. The van der Waals surface area contributed by atoms with Gasteiger partial charge in [0.25, 0.3) is 5.56 Å². The maximum atomic E-state index is 14.3. The summed E-state index contributed by atoms with van der Waals surface area (Å²) < 4.78 is 57.1. The van der Waals surface area contributed by atoms with E-state index in [1.807, 2.05) is 22.6 Å². The number of halogens is 3. The molecule has 1 aromatic carbocycles. The van der Waals surface area contributed by atoms with E-state index < -0.39 is 44.7 Å². The molecular weight excluding hydrogens is 533 g/mol. The first kappa shape index (κ1) is 23.1. The number of benzene rings is 1. The molecule has 30 heavy (non-hydrogen) atoms. The van der Waals surface area contributed by atoms with Crippen LogP contribution in [0.4, 0.5) is 14.5 Å². The summed E-state index contributed by atoms with van der Waals surface area (Å²) in [6.45, 7) is -0.580. The van der Waals surface area contributed by atoms with Gasteiger partial charge in [0.2, 0.25) is 10.0 Å². The van der Waals surface area contributed by atoms with Crippen LogP contribution in [0.2, 0.25) is 0 Å². The second-order valence-electron chi connectivity index (χ2n) is 7.46. The number of anilines is 1. The van der Waals surface area contributed by atoms with E-state index in [4.69, 9.17) is 5.11 Å². The lowest BCUT2D eigenvalue weighted by Gasteiger charge is -2.22. The molecule has 11 heteroatoms. The lowest BCUT2D eigenvalue weighted by atomic mass is 10.1. The molecule has 7 nitrogen and oxygen atoms in total. The van der Waals surface area contributed by atoms with Gasteiger partial charge in [0.1, 0.15) is 5.82 Å². The van der Waals surface area contributed by atoms with Gasteiger partial charge in [-0.05, 0) is 59.5 Å². The Balaban J connectivity index is 2.01. The monoisotopic (exact) mass is 554 g/mol. The number of hydrogen-bond acceptors (Lipinski definition) is 5. The molecule has 3 N–H and O–H groups in total. The van der Waals surface area contributed by atoms with Gasteiger partial charge in [0, 0.05) is 28.8 Å². The molecule has 1 saturated carbocycles. The SMILES string of the molecule is Cn1c(Cc2ccc(I)cc2F)c(NS(=O)(=O)C2(CC(O)CO)CC2)cc(F)c1=O. The fraction of sp³-hybridized carbons (Fsp3) is 0.421. The first-order valence-corrected chi connectivity index (χ1v) is 11.7. The quantitative estimate of drug-likeness (QED) is 0.432. The third-order valence-corrected chi connectivity index (χ3v) is 8.18. The van der Waals surface area contributed by atoms with E-state index in [1.54, 1.807) is 6.07 Å². The fourth-order valence-corrected chi connectivity index (χ4v) is 5.54. The normalized spacial score (nSPS) is 16.3. The van der Waals surface area contributed by atoms with Crippen molar-refractivity contribution in [3.05, 3.63) is 61.1 Å². The molecule has 0 radical (unpaired) electrons. The van der Waals surface area contributed by atoms with Crippen LogP contribution in [0, 0.1) is 15.2 Å². The van der Waals surface area contributed by atoms with Crippen LogP contribution in [0.3, 0.4) is 0 Å². The predicted molar refractivity (Wildman–Crippen MR) is 116 cm³/mol. The summed E-state index contributed by atoms with van der Waals surface area (Å²) in [6, 6.07) is 5.28. The topological polar surface area (TPSA) is 109 Å². The lowest BCUT2D eigenvalue weighted by Crippen LogP contribution is -2.35. The van der Waals surface area contributed by atoms with Gasteiger partial charge >= 0.3 is 0 Å². The van der Waals surface area contributed by atoms with E-state index >= 15 is 0 Å². The second-order valence-corrected chi connectivity index (χ2v) is 10.8. The van der Waals surface area contributed by atoms with Crippen LogP contribution < -0.4 is 10.3 Å². The zero-order chi connectivity index (χ0) is 22.3. The molecule has 1 aromatic heterocycles. The van der Waals surface area contributed by atoms with Crippen molar-refractivity contribution in [1.82, 2.24) is 4.57 Å². The first-order chi connectivity index (χ1) is 14.0. The Kier molecular flexibility index (Phi) is 6.56. The Hall–Kier alpha value is -1.57. The molecule has 0 spiro atoms. The Bertz CT molecular complexity index is 1130. The number of nitrogens with zero attached hydrogens (tertiary/aromatic N) is 1. The molecule has 1 fully saturated rings. The molecule has 2 aromatic rings. The van der Waals surface area contributed by atoms with Crippen molar-refractivity contribution in [3.8, 4) is 0 Å². The molecule has 0 aliphatic heterocycles. The summed E-state index contributed by atoms with van der Waals surface area (Å²) in [7, 11) is -2.80. The molecule has 3 rings (SSSR count). The summed E-state index contributed by atoms with van der Waals surface area (Å²) in [5, 5.41) is 18.7. The largest absolute Gasteiger partial charge is 0.394 e. The van der Waals surface area contributed by atoms with E-state index in [0.29, 0.717) is 3.57 Å². The second kappa shape index (κ2) is 8.52. The van der Waals surface area contributed by atoms with Gasteiger partial charge in [-0.1, -0.05) is 6.07 Å². The van der Waals surface area contributed by atoms with Crippen LogP contribution in [0.25, 0.3) is 0 Å². The maximum absolute atomic E-state index is 14.3. The molecule has 0 bridgehead atoms. The minimum absolute atomic E-state index is 0.101. The summed E-state index contributed by atoms with van der Waals surface area (Å²) >= 11 is 1.95. The summed E-state index contributed by atoms with van der Waals surface area (Å²) in [4.78, 5) is 12.1. The fourth-order valence-electron chi connectivity index (χ4n) is 3.35. The maximum Gasteiger partial charge on any atom is 0.286 e. The van der Waals surface area contributed by atoms with Gasteiger partial charge in [-0.15, -0.1) is 0 Å². The Labute approximate surface area is 185 Å². The van der Waals surface area contributed by atoms with Crippen LogP contribution in [0.15, 0.2) is 29.1 Å². The summed E-state index contributed by atoms with van der Waals surface area (Å²) in [5.41, 5.74) is -0.814. The zero-order valence-corrected chi connectivity index (χ0v) is 19.0. The average Bonchev–Trinajstić information content (AvgIpc) is 3.45. The van der Waals surface area contributed by atoms with Crippen LogP contribution in [0.1, 0.15) is 30.5 Å². The lowest BCUT2D eigenvalue weighted by molar-refractivity contribution is 0.0858. The van der Waals surface area contributed by atoms with E-state index in [-0.39, 0.29) is 42.6 Å². The third kappa shape index (κ3) is 4.53. The number of nitrogens with one attached hydrogen (secondary N) is 1. The molecule has 1 heterocycles. The van der Waals surface area contributed by atoms with Gasteiger partial charge in [0.05, 0.1) is 23.1 Å². The van der Waals surface area contributed by atoms with Crippen molar-refractivity contribution in [3.63, 3.8) is 0 Å². The van der Waals surface area contributed by atoms with Crippen LogP contribution in [0.5, 0.6) is 0 Å². The smallest absolute Gasteiger partial charge is 0.286 e. The highest BCUT2D eigenvalue weighted by Crippen LogP contribution is 2.48. The number of rotatable bonds is 8. The number of sulfonamides is 1. The highest BCUT2D eigenvalue weighted by molar-refractivity contribution is 14.1. The number of aromatic nitrogens is 1. The average molecular weight is 554 g/mol. The van der Waals surface area contributed by atoms with Crippen molar-refractivity contribution in [1.29, 1.82) is 0 Å². The van der Waals surface area contributed by atoms with Crippen molar-refractivity contribution >= 4 is 38.3 Å². The Morgan fingerprint density at radius 1 is 1.27 bits per heavy atom. The molecule has 164 valence electrons. The molecule has 0 amide bonds. The molecule has 1 aliphatic carbocycles. The minimum atomic E-state index is -4.08. The molecule has 1 aliphatic rings. The third-order valence-electron chi connectivity index (χ3n) is 5.31. The number of aliphatic hydroxyl groups is 2. The van der Waals surface area contributed by atoms with Gasteiger partial charge in [-0.2, -0.15) is 0 Å². The van der Waals surface area contributed by atoms with Gasteiger partial charge in [0.15, 0.2) is 5.82 Å². The van der Waals surface area contributed by atoms with E-state index in [9.17, 15) is 27.1 Å². The van der Waals surface area contributed by atoms with Gasteiger partial charge in [-0.25, -0.2) is 17.2 Å². The van der Waals surface area contributed by atoms with E-state index in [0.717, 1.165) is 10.6 Å². The van der Waals surface area contributed by atoms with Crippen LogP contribution >= 0.6 is 22.6 Å². The number of pyridine rings is 1. The standard InChI is InChI=1S/C19H21F2IN2O5S/c1-24-17(6-11-2-3-12(22)7-14(11)20)16(8-15(21)18(24)27)23-30(28,29)19(4-5-19)9-13(26)10-25/h2-3,7-8,13,23,25-26H,4-6,9-10H2,1H3. The molecule has 0 saturated heterocycles. The number of aliphatic hydroxyl groups excluding tert-OH is 2. The van der Waals surface area contributed by atoms with Crippen molar-refractivity contribution in [2.24, 2.45) is 7.05 Å². The highest BCUT2D eigenvalue weighted by Gasteiger charge is 2.55. The zero-order valence-electron chi connectivity index (χ0n) is 16.0. The van der Waals surface area contributed by atoms with Crippen molar-refractivity contribution in [2.75, 3.05) is 11.3 Å². The van der Waals surface area contributed by atoms with Crippen LogP contribution in [-0.4, -0.2) is 40.7 Å². The molecular formula is C19H21F2IN2O5S. The number of hydrogen-bond donors (Lipinski definition) is 3. The van der Waals surface area contributed by atoms with Gasteiger partial charge < -0.3 is 14.8 Å². The highest BCUT2D eigenvalue weighted by atomic mass is 127. The Morgan fingerprint density at radius 3 is 2.50 bits per heavy atom. The van der Waals surface area contributed by atoms with Crippen molar-refractivity contribution in [2.45, 2.75) is 36.5 Å². The first-order valence-electron chi connectivity index (χ1n) is 9.13. The van der Waals surface area contributed by atoms with Crippen molar-refractivity contribution < 1.29 is 27.4 Å². The predicted octanol–water partition coefficient (Wildman–Crippen LogP) is 1.88.